The van der Waals surface area contributed by atoms with Crippen molar-refractivity contribution in [2.24, 2.45) is 0 Å². The standard InChI is InChI=1S/C21H25BrClN3O3/c1-3-28-18-11-15(17(22)13-19(18)29-4-2)12-21(27)26-9-7-25(8-10-26)20-6-5-16(23)14-24-20/h5-6,11,13-14H,3-4,7-10,12H2,1-2H3. The van der Waals surface area contributed by atoms with Crippen LogP contribution in [-0.2, 0) is 11.2 Å². The maximum Gasteiger partial charge on any atom is 0.227 e. The van der Waals surface area contributed by atoms with Crippen LogP contribution in [-0.4, -0.2) is 55.2 Å². The van der Waals surface area contributed by atoms with Gasteiger partial charge >= 0.3 is 0 Å². The lowest BCUT2D eigenvalue weighted by Gasteiger charge is -2.35. The maximum atomic E-state index is 12.9. The molecule has 1 aromatic heterocycles. The summed E-state index contributed by atoms with van der Waals surface area (Å²) in [5.74, 6) is 2.33. The Labute approximate surface area is 184 Å². The molecule has 1 fully saturated rings. The Morgan fingerprint density at radius 1 is 1.10 bits per heavy atom. The third kappa shape index (κ3) is 5.54. The molecule has 8 heteroatoms. The Hall–Kier alpha value is -1.99. The van der Waals surface area contributed by atoms with Gasteiger partial charge in [-0.1, -0.05) is 27.5 Å². The van der Waals surface area contributed by atoms with E-state index in [1.165, 1.54) is 0 Å². The fraction of sp³-hybridized carbons (Fsp3) is 0.429. The van der Waals surface area contributed by atoms with Crippen molar-refractivity contribution >= 4 is 39.3 Å². The van der Waals surface area contributed by atoms with Gasteiger partial charge in [-0.05, 0) is 43.7 Å². The summed E-state index contributed by atoms with van der Waals surface area (Å²) >= 11 is 9.48. The summed E-state index contributed by atoms with van der Waals surface area (Å²) < 4.78 is 12.2. The van der Waals surface area contributed by atoms with Crippen LogP contribution in [0.5, 0.6) is 11.5 Å². The molecule has 29 heavy (non-hydrogen) atoms. The number of halogens is 2. The highest BCUT2D eigenvalue weighted by atomic mass is 79.9. The van der Waals surface area contributed by atoms with Gasteiger partial charge in [0.25, 0.3) is 0 Å². The molecular formula is C21H25BrClN3O3. The molecule has 1 saturated heterocycles. The van der Waals surface area contributed by atoms with Crippen LogP contribution in [0.4, 0.5) is 5.82 Å². The van der Waals surface area contributed by atoms with E-state index < -0.39 is 0 Å². The number of amides is 1. The summed E-state index contributed by atoms with van der Waals surface area (Å²) in [6.45, 7) is 7.77. The Balaban J connectivity index is 1.63. The number of rotatable bonds is 7. The lowest BCUT2D eigenvalue weighted by molar-refractivity contribution is -0.130. The number of hydrogen-bond acceptors (Lipinski definition) is 5. The molecule has 0 unspecified atom stereocenters. The topological polar surface area (TPSA) is 54.9 Å². The van der Waals surface area contributed by atoms with Gasteiger partial charge in [0.2, 0.25) is 5.91 Å². The van der Waals surface area contributed by atoms with Crippen LogP contribution in [0, 0.1) is 0 Å². The van der Waals surface area contributed by atoms with Gasteiger partial charge in [0.15, 0.2) is 11.5 Å². The van der Waals surface area contributed by atoms with Gasteiger partial charge in [0, 0.05) is 36.8 Å². The highest BCUT2D eigenvalue weighted by Gasteiger charge is 2.23. The first kappa shape index (κ1) is 21.7. The zero-order valence-electron chi connectivity index (χ0n) is 16.7. The Bertz CT molecular complexity index is 840. The number of nitrogens with zero attached hydrogens (tertiary/aromatic N) is 3. The minimum atomic E-state index is 0.0982. The number of piperazine rings is 1. The van der Waals surface area contributed by atoms with Crippen molar-refractivity contribution in [2.45, 2.75) is 20.3 Å². The second-order valence-electron chi connectivity index (χ2n) is 6.64. The molecule has 0 aliphatic carbocycles. The zero-order valence-corrected chi connectivity index (χ0v) is 19.0. The number of anilines is 1. The largest absolute Gasteiger partial charge is 0.490 e. The van der Waals surface area contributed by atoms with E-state index in [0.717, 1.165) is 28.9 Å². The summed E-state index contributed by atoms with van der Waals surface area (Å²) in [4.78, 5) is 21.3. The quantitative estimate of drug-likeness (QED) is 0.592. The first-order chi connectivity index (χ1) is 14.0. The van der Waals surface area contributed by atoms with Gasteiger partial charge in [0.1, 0.15) is 5.82 Å². The molecule has 1 aliphatic rings. The van der Waals surface area contributed by atoms with Crippen LogP contribution in [0.1, 0.15) is 19.4 Å². The van der Waals surface area contributed by atoms with Gasteiger partial charge in [-0.2, -0.15) is 0 Å². The van der Waals surface area contributed by atoms with Gasteiger partial charge in [-0.3, -0.25) is 4.79 Å². The Morgan fingerprint density at radius 3 is 2.34 bits per heavy atom. The van der Waals surface area contributed by atoms with Crippen molar-refractivity contribution in [2.75, 3.05) is 44.3 Å². The molecule has 3 rings (SSSR count). The lowest BCUT2D eigenvalue weighted by atomic mass is 10.1. The lowest BCUT2D eigenvalue weighted by Crippen LogP contribution is -2.49. The number of aromatic nitrogens is 1. The summed E-state index contributed by atoms with van der Waals surface area (Å²) in [5, 5.41) is 0.620. The number of hydrogen-bond donors (Lipinski definition) is 0. The van der Waals surface area contributed by atoms with E-state index in [-0.39, 0.29) is 5.91 Å². The third-order valence-corrected chi connectivity index (χ3v) is 5.68. The Morgan fingerprint density at radius 2 is 1.76 bits per heavy atom. The summed E-state index contributed by atoms with van der Waals surface area (Å²) in [5.41, 5.74) is 0.892. The molecule has 0 N–H and O–H groups in total. The first-order valence-corrected chi connectivity index (χ1v) is 10.9. The predicted octanol–water partition coefficient (Wildman–Crippen LogP) is 4.19. The van der Waals surface area contributed by atoms with Gasteiger partial charge in [-0.15, -0.1) is 0 Å². The molecule has 0 bridgehead atoms. The molecule has 6 nitrogen and oxygen atoms in total. The molecule has 1 aromatic carbocycles. The molecular weight excluding hydrogens is 458 g/mol. The van der Waals surface area contributed by atoms with Gasteiger partial charge in [0.05, 0.1) is 24.7 Å². The molecule has 1 amide bonds. The molecule has 156 valence electrons. The predicted molar refractivity (Wildman–Crippen MR) is 118 cm³/mol. The maximum absolute atomic E-state index is 12.9. The summed E-state index contributed by atoms with van der Waals surface area (Å²) in [6, 6.07) is 7.51. The minimum absolute atomic E-state index is 0.0982. The number of carbonyl (C=O) groups excluding carboxylic acids is 1. The number of pyridine rings is 1. The van der Waals surface area contributed by atoms with Crippen molar-refractivity contribution in [3.8, 4) is 11.5 Å². The van der Waals surface area contributed by atoms with E-state index in [0.29, 0.717) is 49.2 Å². The molecule has 0 spiro atoms. The second-order valence-corrected chi connectivity index (χ2v) is 7.93. The summed E-state index contributed by atoms with van der Waals surface area (Å²) in [7, 11) is 0. The van der Waals surface area contributed by atoms with Crippen molar-refractivity contribution in [1.29, 1.82) is 0 Å². The SMILES string of the molecule is CCOc1cc(Br)c(CC(=O)N2CCN(c3ccc(Cl)cn3)CC2)cc1OCC. The van der Waals surface area contributed by atoms with Crippen LogP contribution in [0.25, 0.3) is 0 Å². The second kappa shape index (κ2) is 10.2. The molecule has 0 saturated carbocycles. The van der Waals surface area contributed by atoms with E-state index in [1.54, 1.807) is 6.20 Å². The molecule has 0 radical (unpaired) electrons. The molecule has 2 heterocycles. The van der Waals surface area contributed by atoms with Crippen LogP contribution in [0.15, 0.2) is 34.9 Å². The average molecular weight is 483 g/mol. The molecule has 0 atom stereocenters. The van der Waals surface area contributed by atoms with Crippen LogP contribution in [0.3, 0.4) is 0 Å². The van der Waals surface area contributed by atoms with E-state index in [9.17, 15) is 4.79 Å². The highest BCUT2D eigenvalue weighted by Crippen LogP contribution is 2.34. The van der Waals surface area contributed by atoms with E-state index >= 15 is 0 Å². The monoisotopic (exact) mass is 481 g/mol. The van der Waals surface area contributed by atoms with Gasteiger partial charge in [-0.25, -0.2) is 4.98 Å². The Kier molecular flexibility index (Phi) is 7.61. The number of benzene rings is 1. The van der Waals surface area contributed by atoms with Gasteiger partial charge < -0.3 is 19.3 Å². The highest BCUT2D eigenvalue weighted by molar-refractivity contribution is 9.10. The number of ether oxygens (including phenoxy) is 2. The third-order valence-electron chi connectivity index (χ3n) is 4.72. The van der Waals surface area contributed by atoms with E-state index in [1.807, 2.05) is 43.0 Å². The fourth-order valence-corrected chi connectivity index (χ4v) is 3.84. The molecule has 1 aliphatic heterocycles. The fourth-order valence-electron chi connectivity index (χ4n) is 3.26. The van der Waals surface area contributed by atoms with Crippen molar-refractivity contribution < 1.29 is 14.3 Å². The van der Waals surface area contributed by atoms with E-state index in [2.05, 4.69) is 25.8 Å². The smallest absolute Gasteiger partial charge is 0.227 e. The molecule has 2 aromatic rings. The number of carbonyl (C=O) groups is 1. The van der Waals surface area contributed by atoms with Crippen LogP contribution >= 0.6 is 27.5 Å². The van der Waals surface area contributed by atoms with Crippen molar-refractivity contribution in [3.05, 3.63) is 45.5 Å². The summed E-state index contributed by atoms with van der Waals surface area (Å²) in [6.07, 6.45) is 1.96. The van der Waals surface area contributed by atoms with Crippen molar-refractivity contribution in [3.63, 3.8) is 0 Å². The zero-order chi connectivity index (χ0) is 20.8. The van der Waals surface area contributed by atoms with E-state index in [4.69, 9.17) is 21.1 Å². The average Bonchev–Trinajstić information content (AvgIpc) is 2.72. The van der Waals surface area contributed by atoms with Crippen LogP contribution < -0.4 is 14.4 Å². The minimum Gasteiger partial charge on any atom is -0.490 e. The first-order valence-electron chi connectivity index (χ1n) is 9.74. The normalized spacial score (nSPS) is 14.1. The van der Waals surface area contributed by atoms with Crippen molar-refractivity contribution in [1.82, 2.24) is 9.88 Å². The van der Waals surface area contributed by atoms with Crippen LogP contribution in [0.2, 0.25) is 5.02 Å².